The summed E-state index contributed by atoms with van der Waals surface area (Å²) in [5.74, 6) is 1.55. The molecule has 0 bridgehead atoms. The molecule has 15 heavy (non-hydrogen) atoms. The van der Waals surface area contributed by atoms with Crippen molar-refractivity contribution in [2.75, 3.05) is 30.9 Å². The summed E-state index contributed by atoms with van der Waals surface area (Å²) < 4.78 is 0. The second-order valence-corrected chi connectivity index (χ2v) is 3.83. The smallest absolute Gasteiger partial charge is 0.226 e. The van der Waals surface area contributed by atoms with Crippen LogP contribution in [0.4, 0.5) is 11.8 Å². The molecular weight excluding hydrogens is 190 g/mol. The Hall–Kier alpha value is -1.36. The Labute approximate surface area is 90.7 Å². The van der Waals surface area contributed by atoms with Crippen LogP contribution >= 0.6 is 0 Å². The van der Waals surface area contributed by atoms with E-state index >= 15 is 0 Å². The van der Waals surface area contributed by atoms with E-state index in [1.165, 1.54) is 0 Å². The Balaban J connectivity index is 2.50. The minimum atomic E-state index is 0.215. The van der Waals surface area contributed by atoms with E-state index in [4.69, 9.17) is 5.73 Å². The van der Waals surface area contributed by atoms with Crippen LogP contribution in [0.5, 0.6) is 0 Å². The van der Waals surface area contributed by atoms with Gasteiger partial charge in [-0.2, -0.15) is 4.98 Å². The normalized spacial score (nSPS) is 12.3. The third kappa shape index (κ3) is 4.12. The zero-order chi connectivity index (χ0) is 11.3. The third-order valence-corrected chi connectivity index (χ3v) is 1.95. The summed E-state index contributed by atoms with van der Waals surface area (Å²) >= 11 is 0. The molecule has 1 unspecified atom stereocenters. The fraction of sp³-hybridized carbons (Fsp3) is 0.600. The average Bonchev–Trinajstić information content (AvgIpc) is 2.17. The molecule has 0 aliphatic rings. The van der Waals surface area contributed by atoms with Crippen LogP contribution in [0.3, 0.4) is 0 Å². The monoisotopic (exact) mass is 209 g/mol. The molecule has 0 aromatic carbocycles. The molecule has 1 rings (SSSR count). The van der Waals surface area contributed by atoms with Crippen molar-refractivity contribution >= 4 is 11.8 Å². The molecule has 0 fully saturated rings. The Kier molecular flexibility index (Phi) is 4.30. The topological polar surface area (TPSA) is 67.1 Å². The molecule has 0 amide bonds. The van der Waals surface area contributed by atoms with E-state index in [2.05, 4.69) is 15.3 Å². The maximum atomic E-state index is 5.65. The van der Waals surface area contributed by atoms with Crippen LogP contribution in [0.2, 0.25) is 0 Å². The minimum absolute atomic E-state index is 0.215. The molecule has 5 heteroatoms. The maximum absolute atomic E-state index is 5.65. The fourth-order valence-corrected chi connectivity index (χ4v) is 1.09. The SMILES string of the molecule is CC(N)CCNc1ccnc(N(C)C)n1. The zero-order valence-electron chi connectivity index (χ0n) is 9.57. The van der Waals surface area contributed by atoms with Crippen molar-refractivity contribution in [3.63, 3.8) is 0 Å². The molecule has 0 aliphatic heterocycles. The highest BCUT2D eigenvalue weighted by Crippen LogP contribution is 2.07. The van der Waals surface area contributed by atoms with Crippen molar-refractivity contribution in [1.29, 1.82) is 0 Å². The van der Waals surface area contributed by atoms with Crippen LogP contribution in [-0.2, 0) is 0 Å². The van der Waals surface area contributed by atoms with E-state index in [0.29, 0.717) is 5.95 Å². The summed E-state index contributed by atoms with van der Waals surface area (Å²) in [5.41, 5.74) is 5.65. The first kappa shape index (κ1) is 11.7. The second-order valence-electron chi connectivity index (χ2n) is 3.83. The number of nitrogens with two attached hydrogens (primary N) is 1. The number of hydrogen-bond acceptors (Lipinski definition) is 5. The molecule has 1 aromatic rings. The van der Waals surface area contributed by atoms with E-state index < -0.39 is 0 Å². The highest BCUT2D eigenvalue weighted by molar-refractivity contribution is 5.40. The molecule has 0 spiro atoms. The van der Waals surface area contributed by atoms with Gasteiger partial charge in [-0.15, -0.1) is 0 Å². The molecular formula is C10H19N5. The fourth-order valence-electron chi connectivity index (χ4n) is 1.09. The molecule has 84 valence electrons. The lowest BCUT2D eigenvalue weighted by Crippen LogP contribution is -2.20. The van der Waals surface area contributed by atoms with Crippen molar-refractivity contribution in [3.05, 3.63) is 12.3 Å². The molecule has 1 heterocycles. The first-order chi connectivity index (χ1) is 7.09. The van der Waals surface area contributed by atoms with Gasteiger partial charge in [0, 0.05) is 32.9 Å². The van der Waals surface area contributed by atoms with Crippen molar-refractivity contribution in [3.8, 4) is 0 Å². The van der Waals surface area contributed by atoms with Gasteiger partial charge >= 0.3 is 0 Å². The van der Waals surface area contributed by atoms with E-state index in [1.54, 1.807) is 6.20 Å². The number of anilines is 2. The molecule has 3 N–H and O–H groups in total. The first-order valence-electron chi connectivity index (χ1n) is 5.09. The van der Waals surface area contributed by atoms with Crippen molar-refractivity contribution in [1.82, 2.24) is 9.97 Å². The van der Waals surface area contributed by atoms with Gasteiger partial charge in [0.1, 0.15) is 5.82 Å². The van der Waals surface area contributed by atoms with Crippen molar-refractivity contribution in [2.24, 2.45) is 5.73 Å². The Morgan fingerprint density at radius 2 is 2.27 bits per heavy atom. The van der Waals surface area contributed by atoms with Crippen molar-refractivity contribution in [2.45, 2.75) is 19.4 Å². The summed E-state index contributed by atoms with van der Waals surface area (Å²) in [7, 11) is 3.84. The number of nitrogens with one attached hydrogen (secondary N) is 1. The van der Waals surface area contributed by atoms with Gasteiger partial charge in [0.25, 0.3) is 0 Å². The van der Waals surface area contributed by atoms with E-state index in [-0.39, 0.29) is 6.04 Å². The van der Waals surface area contributed by atoms with Crippen LogP contribution in [-0.4, -0.2) is 36.6 Å². The molecule has 5 nitrogen and oxygen atoms in total. The zero-order valence-corrected chi connectivity index (χ0v) is 9.57. The summed E-state index contributed by atoms with van der Waals surface area (Å²) in [6, 6.07) is 2.07. The summed E-state index contributed by atoms with van der Waals surface area (Å²) in [4.78, 5) is 10.3. The molecule has 1 atom stereocenters. The van der Waals surface area contributed by atoms with Crippen molar-refractivity contribution < 1.29 is 0 Å². The van der Waals surface area contributed by atoms with Crippen LogP contribution in [0.25, 0.3) is 0 Å². The number of rotatable bonds is 5. The van der Waals surface area contributed by atoms with Crippen LogP contribution < -0.4 is 16.0 Å². The number of nitrogens with zero attached hydrogens (tertiary/aromatic N) is 3. The van der Waals surface area contributed by atoms with E-state index in [9.17, 15) is 0 Å². The molecule has 0 aliphatic carbocycles. The van der Waals surface area contributed by atoms with E-state index in [0.717, 1.165) is 18.8 Å². The summed E-state index contributed by atoms with van der Waals surface area (Å²) in [6.07, 6.45) is 2.68. The summed E-state index contributed by atoms with van der Waals surface area (Å²) in [6.45, 7) is 2.83. The van der Waals surface area contributed by atoms with Gasteiger partial charge in [0.15, 0.2) is 0 Å². The summed E-state index contributed by atoms with van der Waals surface area (Å²) in [5, 5.41) is 3.21. The van der Waals surface area contributed by atoms with Gasteiger partial charge in [0.2, 0.25) is 5.95 Å². The Morgan fingerprint density at radius 3 is 2.87 bits per heavy atom. The lowest BCUT2D eigenvalue weighted by Gasteiger charge is -2.12. The van der Waals surface area contributed by atoms with Gasteiger partial charge in [-0.3, -0.25) is 0 Å². The molecule has 1 aromatic heterocycles. The standard InChI is InChI=1S/C10H19N5/c1-8(11)4-6-12-9-5-7-13-10(14-9)15(2)3/h5,7-8H,4,6,11H2,1-3H3,(H,12,13,14). The van der Waals surface area contributed by atoms with E-state index in [1.807, 2.05) is 32.0 Å². The van der Waals surface area contributed by atoms with Crippen LogP contribution in [0, 0.1) is 0 Å². The van der Waals surface area contributed by atoms with Gasteiger partial charge < -0.3 is 16.0 Å². The maximum Gasteiger partial charge on any atom is 0.226 e. The molecule has 0 saturated heterocycles. The largest absolute Gasteiger partial charge is 0.370 e. The lowest BCUT2D eigenvalue weighted by atomic mass is 10.2. The quantitative estimate of drug-likeness (QED) is 0.747. The highest BCUT2D eigenvalue weighted by Gasteiger charge is 2.00. The number of hydrogen-bond donors (Lipinski definition) is 2. The van der Waals surface area contributed by atoms with Gasteiger partial charge in [-0.1, -0.05) is 0 Å². The lowest BCUT2D eigenvalue weighted by molar-refractivity contribution is 0.689. The average molecular weight is 209 g/mol. The highest BCUT2D eigenvalue weighted by atomic mass is 15.2. The van der Waals surface area contributed by atoms with Crippen LogP contribution in [0.1, 0.15) is 13.3 Å². The third-order valence-electron chi connectivity index (χ3n) is 1.95. The second kappa shape index (κ2) is 5.50. The predicted molar refractivity (Wildman–Crippen MR) is 63.1 cm³/mol. The Morgan fingerprint density at radius 1 is 1.53 bits per heavy atom. The minimum Gasteiger partial charge on any atom is -0.370 e. The first-order valence-corrected chi connectivity index (χ1v) is 5.09. The van der Waals surface area contributed by atoms with Gasteiger partial charge in [-0.25, -0.2) is 4.98 Å². The number of aromatic nitrogens is 2. The predicted octanol–water partition coefficient (Wildman–Crippen LogP) is 0.692. The van der Waals surface area contributed by atoms with Gasteiger partial charge in [0.05, 0.1) is 0 Å². The van der Waals surface area contributed by atoms with Gasteiger partial charge in [-0.05, 0) is 19.4 Å². The molecule has 0 saturated carbocycles. The Bertz CT molecular complexity index is 298. The van der Waals surface area contributed by atoms with Crippen LogP contribution in [0.15, 0.2) is 12.3 Å². The molecule has 0 radical (unpaired) electrons.